The number of thioether (sulfide) groups is 1. The standard InChI is InChI=1S/C9H17NO3S2/c1-2-15(11,12)9-7-14-4-3-10(9)5-8-6-13-8/h8-9H,2-7H2,1H3. The average Bonchev–Trinajstić information content (AvgIpc) is 3.02. The van der Waals surface area contributed by atoms with E-state index in [0.717, 1.165) is 25.4 Å². The van der Waals surface area contributed by atoms with Crippen LogP contribution in [0.25, 0.3) is 0 Å². The van der Waals surface area contributed by atoms with Gasteiger partial charge in [-0.2, -0.15) is 11.8 Å². The van der Waals surface area contributed by atoms with Crippen LogP contribution in [0.15, 0.2) is 0 Å². The van der Waals surface area contributed by atoms with E-state index in [2.05, 4.69) is 4.90 Å². The predicted octanol–water partition coefficient (Wildman–Crippen LogP) is 0.195. The SMILES string of the molecule is CCS(=O)(=O)C1CSCCN1CC1CO1. The Hall–Kier alpha value is 0.220. The van der Waals surface area contributed by atoms with Crippen LogP contribution in [-0.2, 0) is 14.6 Å². The summed E-state index contributed by atoms with van der Waals surface area (Å²) in [6, 6.07) is 0. The molecule has 2 fully saturated rings. The van der Waals surface area contributed by atoms with E-state index in [1.54, 1.807) is 18.7 Å². The second-order valence-electron chi connectivity index (χ2n) is 3.93. The number of nitrogens with zero attached hydrogens (tertiary/aromatic N) is 1. The number of ether oxygens (including phenoxy) is 1. The molecule has 0 aromatic rings. The molecule has 4 nitrogen and oxygen atoms in total. The van der Waals surface area contributed by atoms with Gasteiger partial charge in [0.15, 0.2) is 9.84 Å². The molecular formula is C9H17NO3S2. The summed E-state index contributed by atoms with van der Waals surface area (Å²) < 4.78 is 28.9. The Balaban J connectivity index is 2.04. The third kappa shape index (κ3) is 2.87. The molecule has 15 heavy (non-hydrogen) atoms. The minimum Gasteiger partial charge on any atom is -0.372 e. The maximum Gasteiger partial charge on any atom is 0.166 e. The van der Waals surface area contributed by atoms with Crippen molar-refractivity contribution in [2.75, 3.05) is 37.0 Å². The van der Waals surface area contributed by atoms with Gasteiger partial charge in [0, 0.05) is 30.3 Å². The minimum atomic E-state index is -2.94. The van der Waals surface area contributed by atoms with E-state index in [1.165, 1.54) is 0 Å². The lowest BCUT2D eigenvalue weighted by molar-refractivity contribution is 0.239. The molecule has 0 spiro atoms. The van der Waals surface area contributed by atoms with Crippen molar-refractivity contribution in [3.8, 4) is 0 Å². The number of epoxide rings is 1. The third-order valence-corrected chi connectivity index (χ3v) is 6.18. The molecule has 0 aliphatic carbocycles. The molecule has 2 aliphatic heterocycles. The van der Waals surface area contributed by atoms with Crippen LogP contribution >= 0.6 is 11.8 Å². The Bertz CT molecular complexity index is 313. The van der Waals surface area contributed by atoms with Crippen LogP contribution in [0.1, 0.15) is 6.92 Å². The van der Waals surface area contributed by atoms with E-state index in [0.29, 0.717) is 5.75 Å². The van der Waals surface area contributed by atoms with Gasteiger partial charge in [-0.05, 0) is 0 Å². The first kappa shape index (κ1) is 11.7. The van der Waals surface area contributed by atoms with Gasteiger partial charge in [0.25, 0.3) is 0 Å². The lowest BCUT2D eigenvalue weighted by atomic mass is 10.4. The summed E-state index contributed by atoms with van der Waals surface area (Å²) in [5.74, 6) is 1.98. The topological polar surface area (TPSA) is 49.9 Å². The van der Waals surface area contributed by atoms with Crippen LogP contribution in [-0.4, -0.2) is 61.8 Å². The van der Waals surface area contributed by atoms with Gasteiger partial charge >= 0.3 is 0 Å². The molecule has 2 unspecified atom stereocenters. The van der Waals surface area contributed by atoms with E-state index >= 15 is 0 Å². The number of rotatable bonds is 4. The quantitative estimate of drug-likeness (QED) is 0.668. The second kappa shape index (κ2) is 4.61. The van der Waals surface area contributed by atoms with Gasteiger partial charge in [-0.3, -0.25) is 4.90 Å². The molecule has 0 radical (unpaired) electrons. The van der Waals surface area contributed by atoms with Gasteiger partial charge in [0.2, 0.25) is 0 Å². The normalized spacial score (nSPS) is 32.9. The average molecular weight is 251 g/mol. The fourth-order valence-electron chi connectivity index (χ4n) is 1.78. The zero-order valence-corrected chi connectivity index (χ0v) is 10.5. The van der Waals surface area contributed by atoms with Crippen molar-refractivity contribution in [2.45, 2.75) is 18.4 Å². The Labute approximate surface area is 95.3 Å². The Morgan fingerprint density at radius 2 is 2.27 bits per heavy atom. The highest BCUT2D eigenvalue weighted by atomic mass is 32.2. The Kier molecular flexibility index (Phi) is 3.59. The summed E-state index contributed by atoms with van der Waals surface area (Å²) >= 11 is 1.73. The maximum atomic E-state index is 11.9. The van der Waals surface area contributed by atoms with Gasteiger partial charge in [0.1, 0.15) is 5.37 Å². The molecule has 6 heteroatoms. The molecule has 0 saturated carbocycles. The van der Waals surface area contributed by atoms with E-state index in [-0.39, 0.29) is 17.2 Å². The summed E-state index contributed by atoms with van der Waals surface area (Å²) in [5, 5.41) is -0.287. The zero-order chi connectivity index (χ0) is 10.9. The van der Waals surface area contributed by atoms with E-state index in [9.17, 15) is 8.42 Å². The highest BCUT2D eigenvalue weighted by molar-refractivity contribution is 8.01. The molecule has 2 saturated heterocycles. The predicted molar refractivity (Wildman–Crippen MR) is 61.9 cm³/mol. The highest BCUT2D eigenvalue weighted by Crippen LogP contribution is 2.23. The van der Waals surface area contributed by atoms with Crippen LogP contribution in [0, 0.1) is 0 Å². The fraction of sp³-hybridized carbons (Fsp3) is 1.00. The lowest BCUT2D eigenvalue weighted by Crippen LogP contribution is -2.49. The van der Waals surface area contributed by atoms with E-state index < -0.39 is 9.84 Å². The number of hydrogen-bond donors (Lipinski definition) is 0. The molecule has 0 aromatic heterocycles. The van der Waals surface area contributed by atoms with Gasteiger partial charge in [-0.1, -0.05) is 6.92 Å². The minimum absolute atomic E-state index is 0.236. The summed E-state index contributed by atoms with van der Waals surface area (Å²) in [4.78, 5) is 2.08. The largest absolute Gasteiger partial charge is 0.372 e. The molecule has 0 amide bonds. The Morgan fingerprint density at radius 1 is 1.53 bits per heavy atom. The summed E-state index contributed by atoms with van der Waals surface area (Å²) in [7, 11) is -2.94. The monoisotopic (exact) mass is 251 g/mol. The third-order valence-electron chi connectivity index (χ3n) is 2.85. The van der Waals surface area contributed by atoms with Crippen LogP contribution in [0.3, 0.4) is 0 Å². The summed E-state index contributed by atoms with van der Waals surface area (Å²) in [6.45, 7) is 4.17. The molecular weight excluding hydrogens is 234 g/mol. The van der Waals surface area contributed by atoms with Gasteiger partial charge in [0.05, 0.1) is 12.7 Å². The molecule has 0 aromatic carbocycles. The van der Waals surface area contributed by atoms with Crippen molar-refractivity contribution in [2.24, 2.45) is 0 Å². The van der Waals surface area contributed by atoms with Crippen molar-refractivity contribution in [3.05, 3.63) is 0 Å². The highest BCUT2D eigenvalue weighted by Gasteiger charge is 2.36. The molecule has 0 bridgehead atoms. The molecule has 2 rings (SSSR count). The van der Waals surface area contributed by atoms with Gasteiger partial charge < -0.3 is 4.74 Å². The van der Waals surface area contributed by atoms with Crippen molar-refractivity contribution in [3.63, 3.8) is 0 Å². The molecule has 88 valence electrons. The first-order valence-corrected chi connectivity index (χ1v) is 8.15. The summed E-state index contributed by atoms with van der Waals surface area (Å²) in [6.07, 6.45) is 0.280. The van der Waals surface area contributed by atoms with Crippen molar-refractivity contribution in [1.82, 2.24) is 4.90 Å². The molecule has 0 N–H and O–H groups in total. The van der Waals surface area contributed by atoms with Crippen molar-refractivity contribution < 1.29 is 13.2 Å². The first-order chi connectivity index (χ1) is 7.13. The fourth-order valence-corrected chi connectivity index (χ4v) is 4.87. The summed E-state index contributed by atoms with van der Waals surface area (Å²) in [5.41, 5.74) is 0. The zero-order valence-electron chi connectivity index (χ0n) is 8.89. The van der Waals surface area contributed by atoms with Crippen molar-refractivity contribution >= 4 is 21.6 Å². The molecule has 2 aliphatic rings. The Morgan fingerprint density at radius 3 is 2.87 bits per heavy atom. The lowest BCUT2D eigenvalue weighted by Gasteiger charge is -2.34. The van der Waals surface area contributed by atoms with Gasteiger partial charge in [-0.15, -0.1) is 0 Å². The molecule has 2 heterocycles. The molecule has 2 atom stereocenters. The van der Waals surface area contributed by atoms with Crippen LogP contribution < -0.4 is 0 Å². The maximum absolute atomic E-state index is 11.9. The second-order valence-corrected chi connectivity index (χ2v) is 7.53. The first-order valence-electron chi connectivity index (χ1n) is 5.28. The number of hydrogen-bond acceptors (Lipinski definition) is 5. The smallest absolute Gasteiger partial charge is 0.166 e. The van der Waals surface area contributed by atoms with E-state index in [4.69, 9.17) is 4.74 Å². The van der Waals surface area contributed by atoms with Crippen LogP contribution in [0.4, 0.5) is 0 Å². The van der Waals surface area contributed by atoms with Crippen LogP contribution in [0.2, 0.25) is 0 Å². The van der Waals surface area contributed by atoms with E-state index in [1.807, 2.05) is 0 Å². The van der Waals surface area contributed by atoms with Crippen molar-refractivity contribution in [1.29, 1.82) is 0 Å². The van der Waals surface area contributed by atoms with Gasteiger partial charge in [-0.25, -0.2) is 8.42 Å². The number of sulfone groups is 1. The van der Waals surface area contributed by atoms with Crippen LogP contribution in [0.5, 0.6) is 0 Å².